The summed E-state index contributed by atoms with van der Waals surface area (Å²) in [5.41, 5.74) is 0. The number of hydrogen-bond donors (Lipinski definition) is 0. The van der Waals surface area contributed by atoms with Gasteiger partial charge in [0.1, 0.15) is 6.29 Å². The quantitative estimate of drug-likeness (QED) is 0.552. The molecule has 3 heteroatoms. The van der Waals surface area contributed by atoms with Crippen LogP contribution < -0.4 is 0 Å². The maximum absolute atomic E-state index is 9.77. The minimum absolute atomic E-state index is 0.375. The summed E-state index contributed by atoms with van der Waals surface area (Å²) in [6, 6.07) is 3.27. The van der Waals surface area contributed by atoms with E-state index in [1.807, 2.05) is 0 Å². The first-order valence-corrected chi connectivity index (χ1v) is 2.73. The van der Waals surface area contributed by atoms with Gasteiger partial charge in [0.2, 0.25) is 0 Å². The first kappa shape index (κ1) is 8.62. The number of rotatable bonds is 1. The second-order valence-corrected chi connectivity index (χ2v) is 1.37. The molecule has 0 fully saturated rings. The summed E-state index contributed by atoms with van der Waals surface area (Å²) < 4.78 is 4.61. The van der Waals surface area contributed by atoms with Gasteiger partial charge < -0.3 is 9.21 Å². The lowest BCUT2D eigenvalue weighted by Crippen LogP contribution is -1.65. The highest BCUT2D eigenvalue weighted by Crippen LogP contribution is 1.92. The molecule has 1 aromatic rings. The smallest absolute Gasteiger partial charge is 0.185 e. The minimum atomic E-state index is 0.375. The Balaban J connectivity index is 0.000000236. The molecule has 54 valence electrons. The van der Waals surface area contributed by atoms with E-state index in [1.54, 1.807) is 12.1 Å². The number of furan rings is 1. The molecule has 1 rings (SSSR count). The normalized spacial score (nSPS) is 7.30. The van der Waals surface area contributed by atoms with Gasteiger partial charge in [-0.3, -0.25) is 4.79 Å². The van der Waals surface area contributed by atoms with Crippen LogP contribution in [0.3, 0.4) is 0 Å². The lowest BCUT2D eigenvalue weighted by atomic mass is 10.5. The molecule has 0 radical (unpaired) electrons. The summed E-state index contributed by atoms with van der Waals surface area (Å²) in [7, 11) is 0. The van der Waals surface area contributed by atoms with Crippen LogP contribution in [0.4, 0.5) is 0 Å². The van der Waals surface area contributed by atoms with Gasteiger partial charge >= 0.3 is 0 Å². The van der Waals surface area contributed by atoms with Crippen LogP contribution in [0.15, 0.2) is 22.8 Å². The topological polar surface area (TPSA) is 47.3 Å². The Labute approximate surface area is 58.6 Å². The molecule has 0 N–H and O–H groups in total. The third kappa shape index (κ3) is 3.60. The van der Waals surface area contributed by atoms with Crippen LogP contribution >= 0.6 is 0 Å². The lowest BCUT2D eigenvalue weighted by Gasteiger charge is -1.68. The van der Waals surface area contributed by atoms with Crippen molar-refractivity contribution < 1.29 is 14.0 Å². The van der Waals surface area contributed by atoms with E-state index in [0.717, 1.165) is 6.29 Å². The van der Waals surface area contributed by atoms with Crippen LogP contribution in [0.5, 0.6) is 0 Å². The van der Waals surface area contributed by atoms with Crippen LogP contribution in [-0.4, -0.2) is 12.6 Å². The van der Waals surface area contributed by atoms with Crippen molar-refractivity contribution in [2.45, 2.75) is 6.92 Å². The van der Waals surface area contributed by atoms with Crippen LogP contribution in [-0.2, 0) is 4.79 Å². The molecule has 0 amide bonds. The molecule has 0 aliphatic heterocycles. The molecule has 10 heavy (non-hydrogen) atoms. The highest BCUT2D eigenvalue weighted by molar-refractivity contribution is 5.69. The van der Waals surface area contributed by atoms with E-state index in [1.165, 1.54) is 13.2 Å². The molecule has 0 aliphatic rings. The van der Waals surface area contributed by atoms with Crippen molar-refractivity contribution in [1.29, 1.82) is 0 Å². The van der Waals surface area contributed by atoms with Crippen molar-refractivity contribution in [2.24, 2.45) is 0 Å². The maximum Gasteiger partial charge on any atom is 0.185 e. The predicted molar refractivity (Wildman–Crippen MR) is 35.8 cm³/mol. The monoisotopic (exact) mass is 140 g/mol. The molecule has 0 unspecified atom stereocenters. The van der Waals surface area contributed by atoms with E-state index >= 15 is 0 Å². The molecule has 0 aromatic carbocycles. The van der Waals surface area contributed by atoms with Gasteiger partial charge in [-0.2, -0.15) is 0 Å². The van der Waals surface area contributed by atoms with Gasteiger partial charge in [0.25, 0.3) is 0 Å². The van der Waals surface area contributed by atoms with Crippen LogP contribution in [0.1, 0.15) is 17.5 Å². The standard InChI is InChI=1S/C5H4O2.C2H4O/c6-4-5-2-1-3-7-5;1-2-3/h1-4H;2H,1H3. The molecular weight excluding hydrogens is 132 g/mol. The Morgan fingerprint density at radius 3 is 2.30 bits per heavy atom. The minimum Gasteiger partial charge on any atom is -0.462 e. The highest BCUT2D eigenvalue weighted by Gasteiger charge is 1.84. The Morgan fingerprint density at radius 1 is 1.50 bits per heavy atom. The van der Waals surface area contributed by atoms with E-state index in [4.69, 9.17) is 4.79 Å². The van der Waals surface area contributed by atoms with Crippen molar-refractivity contribution in [1.82, 2.24) is 0 Å². The molecule has 1 aromatic heterocycles. The third-order valence-electron chi connectivity index (χ3n) is 0.659. The van der Waals surface area contributed by atoms with E-state index < -0.39 is 0 Å². The molecule has 0 saturated heterocycles. The zero-order valence-electron chi connectivity index (χ0n) is 5.61. The number of carbonyl (C=O) groups excluding carboxylic acids is 2. The summed E-state index contributed by atoms with van der Waals surface area (Å²) in [4.78, 5) is 18.6. The van der Waals surface area contributed by atoms with Crippen LogP contribution in [0.25, 0.3) is 0 Å². The van der Waals surface area contributed by atoms with Crippen LogP contribution in [0, 0.1) is 0 Å². The molecular formula is C7H8O3. The van der Waals surface area contributed by atoms with Crippen molar-refractivity contribution in [3.63, 3.8) is 0 Å². The van der Waals surface area contributed by atoms with Gasteiger partial charge in [-0.15, -0.1) is 0 Å². The average Bonchev–Trinajstić information content (AvgIpc) is 2.39. The molecule has 0 bridgehead atoms. The second-order valence-electron chi connectivity index (χ2n) is 1.37. The summed E-state index contributed by atoms with van der Waals surface area (Å²) in [5, 5.41) is 0. The maximum atomic E-state index is 9.77. The Morgan fingerprint density at radius 2 is 2.10 bits per heavy atom. The van der Waals surface area contributed by atoms with Crippen molar-refractivity contribution in [2.75, 3.05) is 0 Å². The number of aldehydes is 2. The van der Waals surface area contributed by atoms with E-state index in [9.17, 15) is 4.79 Å². The van der Waals surface area contributed by atoms with Gasteiger partial charge in [-0.05, 0) is 19.1 Å². The molecule has 0 aliphatic carbocycles. The van der Waals surface area contributed by atoms with Crippen molar-refractivity contribution in [3.05, 3.63) is 24.2 Å². The van der Waals surface area contributed by atoms with E-state index in [0.29, 0.717) is 12.0 Å². The zero-order valence-corrected chi connectivity index (χ0v) is 5.61. The number of carbonyl (C=O) groups is 2. The largest absolute Gasteiger partial charge is 0.462 e. The third-order valence-corrected chi connectivity index (χ3v) is 0.659. The van der Waals surface area contributed by atoms with Crippen LogP contribution in [0.2, 0.25) is 0 Å². The fourth-order valence-corrected chi connectivity index (χ4v) is 0.358. The van der Waals surface area contributed by atoms with Gasteiger partial charge in [0, 0.05) is 0 Å². The second kappa shape index (κ2) is 5.75. The Bertz CT molecular complexity index is 177. The lowest BCUT2D eigenvalue weighted by molar-refractivity contribution is -0.106. The molecule has 3 nitrogen and oxygen atoms in total. The summed E-state index contributed by atoms with van der Waals surface area (Å²) in [6.45, 7) is 1.44. The van der Waals surface area contributed by atoms with E-state index in [2.05, 4.69) is 4.42 Å². The van der Waals surface area contributed by atoms with Gasteiger partial charge in [0.05, 0.1) is 6.26 Å². The van der Waals surface area contributed by atoms with Gasteiger partial charge in [0.15, 0.2) is 12.0 Å². The fraction of sp³-hybridized carbons (Fsp3) is 0.143. The Kier molecular flexibility index (Phi) is 4.96. The number of hydrogen-bond acceptors (Lipinski definition) is 3. The zero-order chi connectivity index (χ0) is 7.82. The SMILES string of the molecule is CC=O.O=Cc1ccco1. The fourth-order valence-electron chi connectivity index (χ4n) is 0.358. The molecule has 1 heterocycles. The van der Waals surface area contributed by atoms with Crippen molar-refractivity contribution >= 4 is 12.6 Å². The van der Waals surface area contributed by atoms with E-state index in [-0.39, 0.29) is 0 Å². The van der Waals surface area contributed by atoms with Gasteiger partial charge in [-0.25, -0.2) is 0 Å². The van der Waals surface area contributed by atoms with Gasteiger partial charge in [-0.1, -0.05) is 0 Å². The summed E-state index contributed by atoms with van der Waals surface area (Å²) in [5.74, 6) is 0.375. The molecule has 0 atom stereocenters. The highest BCUT2D eigenvalue weighted by atomic mass is 16.3. The first-order valence-electron chi connectivity index (χ1n) is 2.73. The average molecular weight is 140 g/mol. The molecule has 0 saturated carbocycles. The summed E-state index contributed by atoms with van der Waals surface area (Å²) >= 11 is 0. The predicted octanol–water partition coefficient (Wildman–Crippen LogP) is 1.30. The first-order chi connectivity index (χ1) is 4.85. The van der Waals surface area contributed by atoms with Crippen molar-refractivity contribution in [3.8, 4) is 0 Å². The summed E-state index contributed by atoms with van der Waals surface area (Å²) in [6.07, 6.45) is 2.88. The molecule has 0 spiro atoms. The Hall–Kier alpha value is -1.38.